The minimum absolute atomic E-state index is 0.0130. The Morgan fingerprint density at radius 2 is 2.17 bits per heavy atom. The molecule has 0 atom stereocenters. The van der Waals surface area contributed by atoms with Crippen LogP contribution in [-0.4, -0.2) is 44.9 Å². The smallest absolute Gasteiger partial charge is 0.276 e. The molecule has 18 heavy (non-hydrogen) atoms. The van der Waals surface area contributed by atoms with Gasteiger partial charge >= 0.3 is 0 Å². The SMILES string of the molecule is CCNCc1ccc(S(=O)(=O)N(C)CCSC)o1. The van der Waals surface area contributed by atoms with E-state index in [0.717, 1.165) is 12.3 Å². The summed E-state index contributed by atoms with van der Waals surface area (Å²) in [5, 5.41) is 3.10. The third kappa shape index (κ3) is 4.01. The van der Waals surface area contributed by atoms with Crippen LogP contribution in [0.1, 0.15) is 12.7 Å². The topological polar surface area (TPSA) is 62.6 Å². The molecule has 1 aromatic rings. The first kappa shape index (κ1) is 15.6. The lowest BCUT2D eigenvalue weighted by molar-refractivity contribution is 0.385. The van der Waals surface area contributed by atoms with Gasteiger partial charge in [0.15, 0.2) is 0 Å². The predicted molar refractivity (Wildman–Crippen MR) is 74.3 cm³/mol. The van der Waals surface area contributed by atoms with E-state index >= 15 is 0 Å². The van der Waals surface area contributed by atoms with Crippen LogP contribution in [0.5, 0.6) is 0 Å². The van der Waals surface area contributed by atoms with Crippen LogP contribution in [0.25, 0.3) is 0 Å². The molecule has 7 heteroatoms. The zero-order valence-corrected chi connectivity index (χ0v) is 12.6. The fourth-order valence-corrected chi connectivity index (χ4v) is 3.00. The quantitative estimate of drug-likeness (QED) is 0.784. The Kier molecular flexibility index (Phi) is 6.20. The molecule has 0 fully saturated rings. The van der Waals surface area contributed by atoms with E-state index in [0.29, 0.717) is 18.8 Å². The molecule has 0 aliphatic heterocycles. The highest BCUT2D eigenvalue weighted by atomic mass is 32.2. The zero-order valence-electron chi connectivity index (χ0n) is 11.0. The van der Waals surface area contributed by atoms with Crippen LogP contribution in [0.4, 0.5) is 0 Å². The summed E-state index contributed by atoms with van der Waals surface area (Å²) in [5.74, 6) is 1.40. The summed E-state index contributed by atoms with van der Waals surface area (Å²) < 4.78 is 30.9. The van der Waals surface area contributed by atoms with Gasteiger partial charge in [-0.15, -0.1) is 0 Å². The van der Waals surface area contributed by atoms with E-state index in [9.17, 15) is 8.42 Å². The van der Waals surface area contributed by atoms with Gasteiger partial charge in [0.25, 0.3) is 10.0 Å². The summed E-state index contributed by atoms with van der Waals surface area (Å²) in [6.45, 7) is 3.82. The minimum Gasteiger partial charge on any atom is -0.447 e. The molecule has 0 spiro atoms. The summed E-state index contributed by atoms with van der Waals surface area (Å²) in [5.41, 5.74) is 0. The normalized spacial score (nSPS) is 12.2. The van der Waals surface area contributed by atoms with Crippen LogP contribution in [0, 0.1) is 0 Å². The average molecular weight is 292 g/mol. The maximum absolute atomic E-state index is 12.1. The van der Waals surface area contributed by atoms with Crippen molar-refractivity contribution >= 4 is 21.8 Å². The molecule has 0 amide bonds. The molecule has 1 aromatic heterocycles. The zero-order chi connectivity index (χ0) is 13.6. The van der Waals surface area contributed by atoms with Gasteiger partial charge in [0.1, 0.15) is 5.76 Å². The highest BCUT2D eigenvalue weighted by molar-refractivity contribution is 7.98. The van der Waals surface area contributed by atoms with Gasteiger partial charge in [0.2, 0.25) is 5.09 Å². The van der Waals surface area contributed by atoms with Gasteiger partial charge in [-0.05, 0) is 24.9 Å². The molecule has 0 aliphatic rings. The maximum atomic E-state index is 12.1. The Morgan fingerprint density at radius 3 is 2.78 bits per heavy atom. The standard InChI is InChI=1S/C11H20N2O3S2/c1-4-12-9-10-5-6-11(16-10)18(14,15)13(2)7-8-17-3/h5-6,12H,4,7-9H2,1-3H3. The Morgan fingerprint density at radius 1 is 1.44 bits per heavy atom. The first-order chi connectivity index (χ1) is 8.52. The van der Waals surface area contributed by atoms with Crippen LogP contribution < -0.4 is 5.32 Å². The van der Waals surface area contributed by atoms with Crippen molar-refractivity contribution in [3.8, 4) is 0 Å². The molecule has 0 aliphatic carbocycles. The van der Waals surface area contributed by atoms with E-state index < -0.39 is 10.0 Å². The van der Waals surface area contributed by atoms with E-state index in [2.05, 4.69) is 5.32 Å². The minimum atomic E-state index is -3.49. The van der Waals surface area contributed by atoms with Gasteiger partial charge in [-0.25, -0.2) is 8.42 Å². The van der Waals surface area contributed by atoms with E-state index in [1.165, 1.54) is 10.4 Å². The molecule has 1 heterocycles. The molecule has 104 valence electrons. The Balaban J connectivity index is 2.75. The van der Waals surface area contributed by atoms with Gasteiger partial charge in [0.05, 0.1) is 6.54 Å². The molecule has 5 nitrogen and oxygen atoms in total. The van der Waals surface area contributed by atoms with Crippen LogP contribution in [0.15, 0.2) is 21.6 Å². The molecule has 0 saturated carbocycles. The lowest BCUT2D eigenvalue weighted by Gasteiger charge is -2.14. The van der Waals surface area contributed by atoms with Crippen LogP contribution in [0.3, 0.4) is 0 Å². The van der Waals surface area contributed by atoms with E-state index in [1.54, 1.807) is 24.9 Å². The highest BCUT2D eigenvalue weighted by Crippen LogP contribution is 2.18. The number of thioether (sulfide) groups is 1. The number of hydrogen-bond donors (Lipinski definition) is 1. The summed E-state index contributed by atoms with van der Waals surface area (Å²) in [6.07, 6.45) is 1.95. The van der Waals surface area contributed by atoms with Crippen molar-refractivity contribution in [3.05, 3.63) is 17.9 Å². The lowest BCUT2D eigenvalue weighted by Crippen LogP contribution is -2.28. The van der Waals surface area contributed by atoms with Gasteiger partial charge in [-0.1, -0.05) is 6.92 Å². The van der Waals surface area contributed by atoms with Gasteiger partial charge in [0, 0.05) is 19.3 Å². The van der Waals surface area contributed by atoms with Crippen molar-refractivity contribution in [2.75, 3.05) is 32.1 Å². The number of sulfonamides is 1. The molecule has 0 bridgehead atoms. The van der Waals surface area contributed by atoms with Crippen molar-refractivity contribution in [1.29, 1.82) is 0 Å². The molecule has 1 rings (SSSR count). The summed E-state index contributed by atoms with van der Waals surface area (Å²) in [6, 6.07) is 3.20. The highest BCUT2D eigenvalue weighted by Gasteiger charge is 2.23. The first-order valence-electron chi connectivity index (χ1n) is 5.77. The third-order valence-corrected chi connectivity index (χ3v) is 4.78. The van der Waals surface area contributed by atoms with Crippen molar-refractivity contribution in [2.45, 2.75) is 18.6 Å². The van der Waals surface area contributed by atoms with Crippen molar-refractivity contribution in [1.82, 2.24) is 9.62 Å². The molecule has 1 N–H and O–H groups in total. The third-order valence-electron chi connectivity index (χ3n) is 2.46. The second-order valence-electron chi connectivity index (χ2n) is 3.82. The van der Waals surface area contributed by atoms with Crippen molar-refractivity contribution in [3.63, 3.8) is 0 Å². The van der Waals surface area contributed by atoms with E-state index in [1.807, 2.05) is 13.2 Å². The number of nitrogens with zero attached hydrogens (tertiary/aromatic N) is 1. The van der Waals surface area contributed by atoms with Crippen molar-refractivity contribution < 1.29 is 12.8 Å². The summed E-state index contributed by atoms with van der Waals surface area (Å²) in [7, 11) is -1.92. The number of rotatable bonds is 8. The lowest BCUT2D eigenvalue weighted by atomic mass is 10.4. The number of furan rings is 1. The van der Waals surface area contributed by atoms with Crippen LogP contribution >= 0.6 is 11.8 Å². The Labute approximate surface area is 113 Å². The Hall–Kier alpha value is -0.500. The van der Waals surface area contributed by atoms with Gasteiger partial charge in [-0.3, -0.25) is 0 Å². The molecule has 0 saturated heterocycles. The predicted octanol–water partition coefficient (Wildman–Crippen LogP) is 1.37. The Bertz CT molecular complexity index is 457. The molecule has 0 aromatic carbocycles. The average Bonchev–Trinajstić information content (AvgIpc) is 2.82. The van der Waals surface area contributed by atoms with Crippen molar-refractivity contribution in [2.24, 2.45) is 0 Å². The van der Waals surface area contributed by atoms with Crippen LogP contribution in [0.2, 0.25) is 0 Å². The first-order valence-corrected chi connectivity index (χ1v) is 8.60. The maximum Gasteiger partial charge on any atom is 0.276 e. The van der Waals surface area contributed by atoms with E-state index in [4.69, 9.17) is 4.42 Å². The second-order valence-corrected chi connectivity index (χ2v) is 6.78. The van der Waals surface area contributed by atoms with Gasteiger partial charge < -0.3 is 9.73 Å². The molecular formula is C11H20N2O3S2. The fraction of sp³-hybridized carbons (Fsp3) is 0.636. The number of hydrogen-bond acceptors (Lipinski definition) is 5. The number of nitrogens with one attached hydrogen (secondary N) is 1. The van der Waals surface area contributed by atoms with Crippen LogP contribution in [-0.2, 0) is 16.6 Å². The molecular weight excluding hydrogens is 272 g/mol. The van der Waals surface area contributed by atoms with E-state index in [-0.39, 0.29) is 5.09 Å². The summed E-state index contributed by atoms with van der Waals surface area (Å²) >= 11 is 1.61. The second kappa shape index (κ2) is 7.18. The molecule has 0 radical (unpaired) electrons. The molecule has 0 unspecified atom stereocenters. The van der Waals surface area contributed by atoms with Gasteiger partial charge in [-0.2, -0.15) is 16.1 Å². The largest absolute Gasteiger partial charge is 0.447 e. The summed E-state index contributed by atoms with van der Waals surface area (Å²) in [4.78, 5) is 0. The monoisotopic (exact) mass is 292 g/mol. The fourth-order valence-electron chi connectivity index (χ4n) is 1.33.